The number of aryl methyl sites for hydroxylation is 1. The molecule has 6 heteroatoms. The molecular weight excluding hydrogens is 310 g/mol. The van der Waals surface area contributed by atoms with E-state index >= 15 is 0 Å². The van der Waals surface area contributed by atoms with Gasteiger partial charge in [-0.2, -0.15) is 0 Å². The van der Waals surface area contributed by atoms with Crippen molar-refractivity contribution in [3.63, 3.8) is 0 Å². The zero-order valence-corrected chi connectivity index (χ0v) is 11.8. The van der Waals surface area contributed by atoms with E-state index in [1.165, 1.54) is 12.1 Å². The lowest BCUT2D eigenvalue weighted by molar-refractivity contribution is -0.384. The number of nitro groups is 1. The second-order valence-corrected chi connectivity index (χ2v) is 4.86. The summed E-state index contributed by atoms with van der Waals surface area (Å²) < 4.78 is 0.797. The summed E-state index contributed by atoms with van der Waals surface area (Å²) in [6.45, 7) is 2.52. The Morgan fingerprint density at radius 2 is 1.95 bits per heavy atom. The summed E-state index contributed by atoms with van der Waals surface area (Å²) in [6.07, 6.45) is 0. The van der Waals surface area contributed by atoms with Crippen LogP contribution in [0.2, 0.25) is 0 Å². The Bertz CT molecular complexity index is 599. The van der Waals surface area contributed by atoms with E-state index in [-0.39, 0.29) is 5.69 Å². The number of rotatable bonds is 4. The van der Waals surface area contributed by atoms with Gasteiger partial charge in [-0.3, -0.25) is 10.1 Å². The highest BCUT2D eigenvalue weighted by Gasteiger charge is 2.04. The molecule has 98 valence electrons. The van der Waals surface area contributed by atoms with Gasteiger partial charge in [0.25, 0.3) is 5.69 Å². The number of aromatic nitrogens is 1. The molecule has 0 unspecified atom stereocenters. The minimum Gasteiger partial charge on any atom is -0.380 e. The monoisotopic (exact) mass is 321 g/mol. The van der Waals surface area contributed by atoms with Crippen LogP contribution in [0.25, 0.3) is 0 Å². The summed E-state index contributed by atoms with van der Waals surface area (Å²) in [5.41, 5.74) is 2.93. The smallest absolute Gasteiger partial charge is 0.269 e. The van der Waals surface area contributed by atoms with Crippen molar-refractivity contribution < 1.29 is 4.92 Å². The van der Waals surface area contributed by atoms with Crippen molar-refractivity contribution in [2.24, 2.45) is 0 Å². The Kier molecular flexibility index (Phi) is 4.11. The van der Waals surface area contributed by atoms with Crippen LogP contribution in [0, 0.1) is 17.0 Å². The summed E-state index contributed by atoms with van der Waals surface area (Å²) >= 11 is 3.31. The minimum atomic E-state index is -0.403. The molecule has 1 aromatic heterocycles. The maximum absolute atomic E-state index is 10.5. The van der Waals surface area contributed by atoms with Crippen molar-refractivity contribution in [1.82, 2.24) is 4.98 Å². The summed E-state index contributed by atoms with van der Waals surface area (Å²) in [4.78, 5) is 14.4. The fourth-order valence-corrected chi connectivity index (χ4v) is 2.05. The van der Waals surface area contributed by atoms with Crippen LogP contribution in [-0.4, -0.2) is 9.91 Å². The van der Waals surface area contributed by atoms with Crippen molar-refractivity contribution in [1.29, 1.82) is 0 Å². The Hall–Kier alpha value is -1.95. The third-order valence-corrected chi connectivity index (χ3v) is 3.12. The quantitative estimate of drug-likeness (QED) is 0.530. The molecule has 0 aliphatic heterocycles. The molecular formula is C13H12BrN3O2. The molecule has 0 bridgehead atoms. The maximum atomic E-state index is 10.5. The average molecular weight is 322 g/mol. The zero-order valence-electron chi connectivity index (χ0n) is 10.3. The van der Waals surface area contributed by atoms with Crippen molar-refractivity contribution in [3.8, 4) is 0 Å². The number of pyridine rings is 1. The van der Waals surface area contributed by atoms with E-state index in [1.54, 1.807) is 12.1 Å². The van der Waals surface area contributed by atoms with E-state index in [4.69, 9.17) is 0 Å². The van der Waals surface area contributed by atoms with E-state index in [2.05, 4.69) is 26.2 Å². The molecule has 0 aliphatic rings. The third-order valence-electron chi connectivity index (χ3n) is 2.68. The molecule has 19 heavy (non-hydrogen) atoms. The van der Waals surface area contributed by atoms with Crippen molar-refractivity contribution in [2.45, 2.75) is 13.5 Å². The van der Waals surface area contributed by atoms with Crippen molar-refractivity contribution in [2.75, 3.05) is 5.32 Å². The Labute approximate surface area is 119 Å². The van der Waals surface area contributed by atoms with Gasteiger partial charge in [-0.05, 0) is 40.5 Å². The highest BCUT2D eigenvalue weighted by Crippen LogP contribution is 2.18. The topological polar surface area (TPSA) is 68.1 Å². The van der Waals surface area contributed by atoms with Crippen LogP contribution in [0.3, 0.4) is 0 Å². The van der Waals surface area contributed by atoms with Gasteiger partial charge in [-0.1, -0.05) is 12.1 Å². The van der Waals surface area contributed by atoms with Gasteiger partial charge < -0.3 is 5.32 Å². The number of benzene rings is 1. The number of nitrogens with one attached hydrogen (secondary N) is 1. The molecule has 0 radical (unpaired) electrons. The first-order valence-corrected chi connectivity index (χ1v) is 6.46. The highest BCUT2D eigenvalue weighted by atomic mass is 79.9. The number of non-ortho nitro benzene ring substituents is 1. The number of hydrogen-bond acceptors (Lipinski definition) is 4. The van der Waals surface area contributed by atoms with Gasteiger partial charge in [0.1, 0.15) is 4.60 Å². The normalized spacial score (nSPS) is 10.2. The number of hydrogen-bond donors (Lipinski definition) is 1. The molecule has 0 spiro atoms. The molecule has 0 aliphatic carbocycles. The number of anilines is 1. The fourth-order valence-electron chi connectivity index (χ4n) is 1.65. The molecule has 1 aromatic carbocycles. The summed E-state index contributed by atoms with van der Waals surface area (Å²) in [6, 6.07) is 10.3. The van der Waals surface area contributed by atoms with Crippen molar-refractivity contribution in [3.05, 3.63) is 62.4 Å². The standard InChI is InChI=1S/C13H12BrN3O2/c1-9-12(6-7-13(14)16-9)15-8-10-2-4-11(5-3-10)17(18)19/h2-7,15H,8H2,1H3. The Morgan fingerprint density at radius 1 is 1.26 bits per heavy atom. The zero-order chi connectivity index (χ0) is 13.8. The molecule has 5 nitrogen and oxygen atoms in total. The molecule has 1 heterocycles. The van der Waals surface area contributed by atoms with Crippen LogP contribution < -0.4 is 5.32 Å². The molecule has 0 saturated carbocycles. The number of nitro benzene ring substituents is 1. The van der Waals surface area contributed by atoms with Gasteiger partial charge in [0, 0.05) is 18.7 Å². The minimum absolute atomic E-state index is 0.102. The largest absolute Gasteiger partial charge is 0.380 e. The van der Waals surface area contributed by atoms with Crippen LogP contribution in [-0.2, 0) is 6.54 Å². The summed E-state index contributed by atoms with van der Waals surface area (Å²) in [5.74, 6) is 0. The number of nitrogens with zero attached hydrogens (tertiary/aromatic N) is 2. The van der Waals surface area contributed by atoms with Gasteiger partial charge in [0.15, 0.2) is 0 Å². The second-order valence-electron chi connectivity index (χ2n) is 4.04. The van der Waals surface area contributed by atoms with Crippen LogP contribution in [0.5, 0.6) is 0 Å². The van der Waals surface area contributed by atoms with Crippen LogP contribution in [0.1, 0.15) is 11.3 Å². The van der Waals surface area contributed by atoms with E-state index in [1.807, 2.05) is 19.1 Å². The molecule has 2 aromatic rings. The molecule has 0 atom stereocenters. The molecule has 0 amide bonds. The Balaban J connectivity index is 2.04. The first kappa shape index (κ1) is 13.5. The SMILES string of the molecule is Cc1nc(Br)ccc1NCc1ccc([N+](=O)[O-])cc1. The lowest BCUT2D eigenvalue weighted by Crippen LogP contribution is -2.02. The van der Waals surface area contributed by atoms with Crippen molar-refractivity contribution >= 4 is 27.3 Å². The Morgan fingerprint density at radius 3 is 2.53 bits per heavy atom. The fraction of sp³-hybridized carbons (Fsp3) is 0.154. The van der Waals surface area contributed by atoms with Gasteiger partial charge in [-0.15, -0.1) is 0 Å². The van der Waals surface area contributed by atoms with Gasteiger partial charge in [0.2, 0.25) is 0 Å². The molecule has 0 fully saturated rings. The van der Waals surface area contributed by atoms with Crippen LogP contribution in [0.15, 0.2) is 41.0 Å². The first-order chi connectivity index (χ1) is 9.06. The summed E-state index contributed by atoms with van der Waals surface area (Å²) in [7, 11) is 0. The van der Waals surface area contributed by atoms with Gasteiger partial charge in [0.05, 0.1) is 16.3 Å². The second kappa shape index (κ2) is 5.79. The van der Waals surface area contributed by atoms with Gasteiger partial charge in [-0.25, -0.2) is 4.98 Å². The summed E-state index contributed by atoms with van der Waals surface area (Å²) in [5, 5.41) is 13.8. The highest BCUT2D eigenvalue weighted by molar-refractivity contribution is 9.10. The number of halogens is 1. The first-order valence-electron chi connectivity index (χ1n) is 5.66. The molecule has 0 saturated heterocycles. The average Bonchev–Trinajstić information content (AvgIpc) is 2.38. The van der Waals surface area contributed by atoms with E-state index < -0.39 is 4.92 Å². The lowest BCUT2D eigenvalue weighted by Gasteiger charge is -2.09. The maximum Gasteiger partial charge on any atom is 0.269 e. The van der Waals surface area contributed by atoms with Crippen LogP contribution >= 0.6 is 15.9 Å². The molecule has 2 rings (SSSR count). The van der Waals surface area contributed by atoms with E-state index in [0.29, 0.717) is 6.54 Å². The van der Waals surface area contributed by atoms with E-state index in [9.17, 15) is 10.1 Å². The predicted molar refractivity (Wildman–Crippen MR) is 77.1 cm³/mol. The lowest BCUT2D eigenvalue weighted by atomic mass is 10.2. The van der Waals surface area contributed by atoms with Crippen LogP contribution in [0.4, 0.5) is 11.4 Å². The van der Waals surface area contributed by atoms with E-state index in [0.717, 1.165) is 21.5 Å². The predicted octanol–water partition coefficient (Wildman–Crippen LogP) is 3.67. The third kappa shape index (κ3) is 3.51. The molecule has 1 N–H and O–H groups in total. The van der Waals surface area contributed by atoms with Gasteiger partial charge >= 0.3 is 0 Å².